The van der Waals surface area contributed by atoms with Crippen molar-refractivity contribution in [3.8, 4) is 5.75 Å². The van der Waals surface area contributed by atoms with E-state index in [-0.39, 0.29) is 24.2 Å². The fourth-order valence-electron chi connectivity index (χ4n) is 3.00. The van der Waals surface area contributed by atoms with Crippen LogP contribution in [-0.2, 0) is 11.3 Å². The Labute approximate surface area is 150 Å². The van der Waals surface area contributed by atoms with Crippen LogP contribution in [0.4, 0.5) is 0 Å². The number of carbonyl (C=O) groups is 1. The smallest absolute Gasteiger partial charge is 0.276 e. The zero-order valence-electron chi connectivity index (χ0n) is 14.4. The molecule has 3 aromatic rings. The molecule has 7 heteroatoms. The molecule has 0 spiro atoms. The summed E-state index contributed by atoms with van der Waals surface area (Å²) in [6.07, 6.45) is 2.56. The number of benzene rings is 1. The molecule has 0 aliphatic carbocycles. The minimum Gasteiger partial charge on any atom is -0.483 e. The summed E-state index contributed by atoms with van der Waals surface area (Å²) in [7, 11) is 1.76. The molecule has 4 rings (SSSR count). The lowest BCUT2D eigenvalue weighted by Gasteiger charge is -2.21. The average molecular weight is 353 g/mol. The maximum atomic E-state index is 12.5. The normalized spacial score (nSPS) is 16.7. The quantitative estimate of drug-likeness (QED) is 0.702. The molecular weight excluding hydrogens is 334 g/mol. The van der Waals surface area contributed by atoms with Crippen molar-refractivity contribution in [3.63, 3.8) is 0 Å². The molecule has 26 heavy (non-hydrogen) atoms. The number of hydrogen-bond acceptors (Lipinski definition) is 6. The summed E-state index contributed by atoms with van der Waals surface area (Å²) < 4.78 is 16.4. The van der Waals surface area contributed by atoms with Crippen molar-refractivity contribution in [2.45, 2.75) is 19.1 Å². The average Bonchev–Trinajstić information content (AvgIpc) is 3.37. The SMILES string of the molecule is CN(C(=O)c1cc(COc2cccc3cccnc23)on1)[C@H]1CCOC1. The largest absolute Gasteiger partial charge is 0.483 e. The molecule has 3 heterocycles. The van der Waals surface area contributed by atoms with E-state index in [1.54, 1.807) is 24.2 Å². The highest BCUT2D eigenvalue weighted by atomic mass is 16.5. The van der Waals surface area contributed by atoms with Crippen LogP contribution in [0.25, 0.3) is 10.9 Å². The third-order valence-corrected chi connectivity index (χ3v) is 4.52. The lowest BCUT2D eigenvalue weighted by molar-refractivity contribution is 0.0700. The molecule has 1 aromatic carbocycles. The van der Waals surface area contributed by atoms with Crippen LogP contribution in [0.3, 0.4) is 0 Å². The number of aromatic nitrogens is 2. The van der Waals surface area contributed by atoms with Gasteiger partial charge in [-0.05, 0) is 18.6 Å². The van der Waals surface area contributed by atoms with Gasteiger partial charge in [-0.1, -0.05) is 23.4 Å². The van der Waals surface area contributed by atoms with E-state index in [1.165, 1.54) is 0 Å². The Bertz CT molecular complexity index is 913. The van der Waals surface area contributed by atoms with Crippen molar-refractivity contribution in [2.75, 3.05) is 20.3 Å². The molecule has 2 aromatic heterocycles. The van der Waals surface area contributed by atoms with E-state index in [2.05, 4.69) is 10.1 Å². The first-order chi connectivity index (χ1) is 12.7. The van der Waals surface area contributed by atoms with Gasteiger partial charge in [0.15, 0.2) is 11.5 Å². The van der Waals surface area contributed by atoms with Crippen LogP contribution < -0.4 is 4.74 Å². The van der Waals surface area contributed by atoms with E-state index >= 15 is 0 Å². The first-order valence-electron chi connectivity index (χ1n) is 8.49. The molecule has 1 fully saturated rings. The number of amides is 1. The molecule has 1 atom stereocenters. The van der Waals surface area contributed by atoms with E-state index in [1.807, 2.05) is 30.3 Å². The minimum atomic E-state index is -0.178. The van der Waals surface area contributed by atoms with Gasteiger partial charge in [0, 0.05) is 31.3 Å². The third-order valence-electron chi connectivity index (χ3n) is 4.52. The van der Waals surface area contributed by atoms with Crippen LogP contribution in [0.15, 0.2) is 47.1 Å². The zero-order valence-corrected chi connectivity index (χ0v) is 14.4. The molecule has 1 aliphatic heterocycles. The van der Waals surface area contributed by atoms with Gasteiger partial charge in [0.05, 0.1) is 12.6 Å². The van der Waals surface area contributed by atoms with E-state index in [0.717, 1.165) is 17.3 Å². The molecule has 0 radical (unpaired) electrons. The predicted octanol–water partition coefficient (Wildman–Crippen LogP) is 2.66. The summed E-state index contributed by atoms with van der Waals surface area (Å²) in [6.45, 7) is 1.41. The molecule has 1 saturated heterocycles. The van der Waals surface area contributed by atoms with Gasteiger partial charge in [-0.2, -0.15) is 0 Å². The van der Waals surface area contributed by atoms with Crippen LogP contribution in [0.1, 0.15) is 22.7 Å². The van der Waals surface area contributed by atoms with E-state index in [9.17, 15) is 4.79 Å². The molecule has 0 bridgehead atoms. The predicted molar refractivity (Wildman–Crippen MR) is 93.9 cm³/mol. The standard InChI is InChI=1S/C19H19N3O4/c1-22(14-7-9-24-11-14)19(23)16-10-15(26-21-16)12-25-17-6-2-4-13-5-3-8-20-18(13)17/h2-6,8,10,14H,7,9,11-12H2,1H3/t14-/m0/s1. The maximum Gasteiger partial charge on any atom is 0.276 e. The van der Waals surface area contributed by atoms with Gasteiger partial charge in [0.2, 0.25) is 0 Å². The molecule has 0 unspecified atom stereocenters. The number of pyridine rings is 1. The topological polar surface area (TPSA) is 77.7 Å². The van der Waals surface area contributed by atoms with Crippen molar-refractivity contribution in [3.05, 3.63) is 54.0 Å². The summed E-state index contributed by atoms with van der Waals surface area (Å²) in [5.74, 6) is 0.965. The van der Waals surface area contributed by atoms with Crippen LogP contribution in [-0.4, -0.2) is 47.3 Å². The third kappa shape index (κ3) is 3.25. The Kier molecular flexibility index (Phi) is 4.53. The number of likely N-dealkylation sites (N-methyl/N-ethyl adjacent to an activating group) is 1. The summed E-state index contributed by atoms with van der Waals surface area (Å²) in [4.78, 5) is 18.5. The lowest BCUT2D eigenvalue weighted by atomic mass is 10.2. The van der Waals surface area contributed by atoms with Crippen molar-refractivity contribution in [1.82, 2.24) is 15.0 Å². The molecule has 1 aliphatic rings. The second-order valence-electron chi connectivity index (χ2n) is 6.23. The fourth-order valence-corrected chi connectivity index (χ4v) is 3.00. The van der Waals surface area contributed by atoms with Crippen LogP contribution in [0.5, 0.6) is 5.75 Å². The van der Waals surface area contributed by atoms with Crippen molar-refractivity contribution >= 4 is 16.8 Å². The van der Waals surface area contributed by atoms with Gasteiger partial charge >= 0.3 is 0 Å². The summed E-state index contributed by atoms with van der Waals surface area (Å²) in [6, 6.07) is 11.3. The highest BCUT2D eigenvalue weighted by Gasteiger charge is 2.26. The number of fused-ring (bicyclic) bond motifs is 1. The van der Waals surface area contributed by atoms with Gasteiger partial charge in [-0.25, -0.2) is 0 Å². The monoisotopic (exact) mass is 353 g/mol. The maximum absolute atomic E-state index is 12.5. The van der Waals surface area contributed by atoms with Gasteiger partial charge in [-0.3, -0.25) is 9.78 Å². The van der Waals surface area contributed by atoms with Gasteiger partial charge < -0.3 is 18.9 Å². The van der Waals surface area contributed by atoms with Crippen molar-refractivity contribution < 1.29 is 18.8 Å². The number of carbonyl (C=O) groups excluding carboxylic acids is 1. The number of ether oxygens (including phenoxy) is 2. The summed E-state index contributed by atoms with van der Waals surface area (Å²) >= 11 is 0. The Morgan fingerprint density at radius 1 is 1.35 bits per heavy atom. The van der Waals surface area contributed by atoms with Crippen molar-refractivity contribution in [1.29, 1.82) is 0 Å². The number of para-hydroxylation sites is 1. The van der Waals surface area contributed by atoms with Gasteiger partial charge in [-0.15, -0.1) is 0 Å². The second kappa shape index (κ2) is 7.13. The molecule has 7 nitrogen and oxygen atoms in total. The Hall–Kier alpha value is -2.93. The van der Waals surface area contributed by atoms with E-state index < -0.39 is 0 Å². The molecule has 1 amide bonds. The van der Waals surface area contributed by atoms with E-state index in [0.29, 0.717) is 24.7 Å². The molecular formula is C19H19N3O4. The van der Waals surface area contributed by atoms with Crippen LogP contribution in [0, 0.1) is 0 Å². The first kappa shape index (κ1) is 16.5. The minimum absolute atomic E-state index is 0.0839. The first-order valence-corrected chi connectivity index (χ1v) is 8.49. The van der Waals surface area contributed by atoms with Gasteiger partial charge in [0.1, 0.15) is 17.9 Å². The second-order valence-corrected chi connectivity index (χ2v) is 6.23. The lowest BCUT2D eigenvalue weighted by Crippen LogP contribution is -2.37. The number of rotatable bonds is 5. The zero-order chi connectivity index (χ0) is 17.9. The van der Waals surface area contributed by atoms with E-state index in [4.69, 9.17) is 14.0 Å². The van der Waals surface area contributed by atoms with Gasteiger partial charge in [0.25, 0.3) is 5.91 Å². The highest BCUT2D eigenvalue weighted by Crippen LogP contribution is 2.24. The summed E-state index contributed by atoms with van der Waals surface area (Å²) in [5.41, 5.74) is 1.06. The number of hydrogen-bond donors (Lipinski definition) is 0. The Balaban J connectivity index is 1.44. The van der Waals surface area contributed by atoms with Crippen LogP contribution >= 0.6 is 0 Å². The Morgan fingerprint density at radius 3 is 3.08 bits per heavy atom. The highest BCUT2D eigenvalue weighted by molar-refractivity contribution is 5.92. The van der Waals surface area contributed by atoms with Crippen LogP contribution in [0.2, 0.25) is 0 Å². The summed E-state index contributed by atoms with van der Waals surface area (Å²) in [5, 5.41) is 4.88. The molecule has 0 saturated carbocycles. The fraction of sp³-hybridized carbons (Fsp3) is 0.316. The number of nitrogens with zero attached hydrogens (tertiary/aromatic N) is 3. The Morgan fingerprint density at radius 2 is 2.23 bits per heavy atom. The molecule has 134 valence electrons. The molecule has 0 N–H and O–H groups in total. The van der Waals surface area contributed by atoms with Crippen molar-refractivity contribution in [2.24, 2.45) is 0 Å².